The second-order valence-electron chi connectivity index (χ2n) is 5.53. The third kappa shape index (κ3) is 3.82. The van der Waals surface area contributed by atoms with Crippen LogP contribution in [0.2, 0.25) is 0 Å². The van der Waals surface area contributed by atoms with Crippen LogP contribution in [-0.2, 0) is 11.3 Å². The van der Waals surface area contributed by atoms with Gasteiger partial charge in [-0.15, -0.1) is 0 Å². The maximum Gasteiger partial charge on any atom is 0.225 e. The van der Waals surface area contributed by atoms with E-state index < -0.39 is 0 Å². The number of aromatic amines is 1. The zero-order valence-corrected chi connectivity index (χ0v) is 12.6. The van der Waals surface area contributed by atoms with Crippen molar-refractivity contribution in [3.63, 3.8) is 0 Å². The molecule has 20 heavy (non-hydrogen) atoms. The second kappa shape index (κ2) is 7.43. The smallest absolute Gasteiger partial charge is 0.225 e. The molecule has 1 aromatic heterocycles. The van der Waals surface area contributed by atoms with Crippen molar-refractivity contribution in [2.45, 2.75) is 52.1 Å². The summed E-state index contributed by atoms with van der Waals surface area (Å²) in [6.07, 6.45) is 7.58. The number of likely N-dealkylation sites (tertiary alicyclic amines) is 1. The maximum absolute atomic E-state index is 12.3. The molecule has 112 valence electrons. The van der Waals surface area contributed by atoms with Crippen LogP contribution in [0.25, 0.3) is 0 Å². The van der Waals surface area contributed by atoms with Crippen LogP contribution in [0.3, 0.4) is 0 Å². The highest BCUT2D eigenvalue weighted by Gasteiger charge is 2.26. The minimum atomic E-state index is 0.211. The highest BCUT2D eigenvalue weighted by atomic mass is 16.2. The van der Waals surface area contributed by atoms with E-state index in [9.17, 15) is 4.79 Å². The molecule has 1 saturated heterocycles. The van der Waals surface area contributed by atoms with Crippen molar-refractivity contribution in [3.05, 3.63) is 18.2 Å². The second-order valence-corrected chi connectivity index (χ2v) is 5.53. The van der Waals surface area contributed by atoms with Crippen LogP contribution in [0.4, 0.5) is 0 Å². The van der Waals surface area contributed by atoms with Gasteiger partial charge < -0.3 is 15.2 Å². The summed E-state index contributed by atoms with van der Waals surface area (Å²) >= 11 is 0. The fourth-order valence-corrected chi connectivity index (χ4v) is 2.84. The number of H-pyrrole nitrogens is 1. The van der Waals surface area contributed by atoms with Gasteiger partial charge in [0.25, 0.3) is 0 Å². The molecular formula is C15H26N4O. The van der Waals surface area contributed by atoms with Crippen LogP contribution in [0, 0.1) is 5.92 Å². The largest absolute Gasteiger partial charge is 0.348 e. The van der Waals surface area contributed by atoms with E-state index in [0.29, 0.717) is 11.9 Å². The topological polar surface area (TPSA) is 61.0 Å². The molecule has 0 aliphatic carbocycles. The number of rotatable bonds is 6. The molecule has 1 aromatic rings. The predicted octanol–water partition coefficient (Wildman–Crippen LogP) is 1.93. The normalized spacial score (nSPS) is 16.9. The van der Waals surface area contributed by atoms with E-state index in [1.165, 1.54) is 0 Å². The molecule has 0 radical (unpaired) electrons. The predicted molar refractivity (Wildman–Crippen MR) is 79.1 cm³/mol. The summed E-state index contributed by atoms with van der Waals surface area (Å²) in [7, 11) is 0. The van der Waals surface area contributed by atoms with Gasteiger partial charge in [0.2, 0.25) is 5.91 Å². The lowest BCUT2D eigenvalue weighted by molar-refractivity contribution is -0.136. The molecule has 0 atom stereocenters. The van der Waals surface area contributed by atoms with Crippen LogP contribution < -0.4 is 5.32 Å². The summed E-state index contributed by atoms with van der Waals surface area (Å²) in [5, 5.41) is 3.51. The van der Waals surface area contributed by atoms with Gasteiger partial charge in [0, 0.05) is 37.4 Å². The molecule has 2 heterocycles. The highest BCUT2D eigenvalue weighted by molar-refractivity contribution is 5.78. The number of hydrogen-bond donors (Lipinski definition) is 2. The molecule has 0 aromatic carbocycles. The maximum atomic E-state index is 12.3. The van der Waals surface area contributed by atoms with Crippen molar-refractivity contribution in [2.24, 2.45) is 5.92 Å². The molecule has 1 amide bonds. The van der Waals surface area contributed by atoms with E-state index in [2.05, 4.69) is 29.1 Å². The van der Waals surface area contributed by atoms with E-state index >= 15 is 0 Å². The first-order chi connectivity index (χ1) is 9.74. The van der Waals surface area contributed by atoms with Gasteiger partial charge in [0.15, 0.2) is 0 Å². The molecule has 2 N–H and O–H groups in total. The zero-order chi connectivity index (χ0) is 14.4. The first kappa shape index (κ1) is 15.0. The SMILES string of the molecule is CCC(CC)C(=O)N1CCC(NCc2ncc[nH]2)CC1. The standard InChI is InChI=1S/C15H26N4O/c1-3-12(4-2)15(20)19-9-5-13(6-10-19)18-11-14-16-7-8-17-14/h7-8,12-13,18H,3-6,9-11H2,1-2H3,(H,16,17). The Morgan fingerprint density at radius 2 is 2.15 bits per heavy atom. The van der Waals surface area contributed by atoms with Gasteiger partial charge in [-0.05, 0) is 25.7 Å². The summed E-state index contributed by atoms with van der Waals surface area (Å²) in [6, 6.07) is 0.492. The number of carbonyl (C=O) groups is 1. The molecule has 0 spiro atoms. The number of nitrogens with one attached hydrogen (secondary N) is 2. The zero-order valence-electron chi connectivity index (χ0n) is 12.6. The van der Waals surface area contributed by atoms with E-state index in [-0.39, 0.29) is 5.92 Å². The van der Waals surface area contributed by atoms with Crippen LogP contribution in [0.1, 0.15) is 45.4 Å². The van der Waals surface area contributed by atoms with E-state index in [1.54, 1.807) is 6.20 Å². The quantitative estimate of drug-likeness (QED) is 0.836. The fraction of sp³-hybridized carbons (Fsp3) is 0.733. The number of imidazole rings is 1. The first-order valence-corrected chi connectivity index (χ1v) is 7.75. The van der Waals surface area contributed by atoms with E-state index in [0.717, 1.165) is 51.1 Å². The van der Waals surface area contributed by atoms with Gasteiger partial charge in [-0.2, -0.15) is 0 Å². The summed E-state index contributed by atoms with van der Waals surface area (Å²) in [6.45, 7) is 6.74. The van der Waals surface area contributed by atoms with E-state index in [1.807, 2.05) is 11.1 Å². The Morgan fingerprint density at radius 3 is 2.70 bits per heavy atom. The van der Waals surface area contributed by atoms with Crippen LogP contribution in [-0.4, -0.2) is 39.9 Å². The van der Waals surface area contributed by atoms with Gasteiger partial charge >= 0.3 is 0 Å². The van der Waals surface area contributed by atoms with Gasteiger partial charge in [-0.25, -0.2) is 4.98 Å². The van der Waals surface area contributed by atoms with Crippen LogP contribution >= 0.6 is 0 Å². The molecule has 2 rings (SSSR count). The number of amides is 1. The summed E-state index contributed by atoms with van der Waals surface area (Å²) in [5.74, 6) is 1.53. The van der Waals surface area contributed by atoms with Crippen molar-refractivity contribution >= 4 is 5.91 Å². The van der Waals surface area contributed by atoms with Gasteiger partial charge in [-0.3, -0.25) is 4.79 Å². The first-order valence-electron chi connectivity index (χ1n) is 7.75. The molecule has 1 aliphatic heterocycles. The van der Waals surface area contributed by atoms with Crippen molar-refractivity contribution in [1.82, 2.24) is 20.2 Å². The minimum Gasteiger partial charge on any atom is -0.348 e. The highest BCUT2D eigenvalue weighted by Crippen LogP contribution is 2.17. The Labute approximate surface area is 121 Å². The number of aromatic nitrogens is 2. The average molecular weight is 278 g/mol. The number of nitrogens with zero attached hydrogens (tertiary/aromatic N) is 2. The Morgan fingerprint density at radius 1 is 1.45 bits per heavy atom. The Hall–Kier alpha value is -1.36. The number of piperidine rings is 1. The fourth-order valence-electron chi connectivity index (χ4n) is 2.84. The van der Waals surface area contributed by atoms with Gasteiger partial charge in [0.1, 0.15) is 5.82 Å². The molecule has 5 nitrogen and oxygen atoms in total. The molecule has 1 aliphatic rings. The summed E-state index contributed by atoms with van der Waals surface area (Å²) in [4.78, 5) is 21.6. The lowest BCUT2D eigenvalue weighted by atomic mass is 9.98. The molecule has 1 fully saturated rings. The summed E-state index contributed by atoms with van der Waals surface area (Å²) in [5.41, 5.74) is 0. The van der Waals surface area contributed by atoms with Crippen LogP contribution in [0.15, 0.2) is 12.4 Å². The number of hydrogen-bond acceptors (Lipinski definition) is 3. The third-order valence-corrected chi connectivity index (χ3v) is 4.25. The van der Waals surface area contributed by atoms with Crippen LogP contribution in [0.5, 0.6) is 0 Å². The van der Waals surface area contributed by atoms with E-state index in [4.69, 9.17) is 0 Å². The Balaban J connectivity index is 1.73. The van der Waals surface area contributed by atoms with Crippen molar-refractivity contribution in [3.8, 4) is 0 Å². The molecule has 0 saturated carbocycles. The van der Waals surface area contributed by atoms with Gasteiger partial charge in [0.05, 0.1) is 6.54 Å². The van der Waals surface area contributed by atoms with Crippen molar-refractivity contribution in [2.75, 3.05) is 13.1 Å². The molecule has 5 heteroatoms. The molecule has 0 bridgehead atoms. The van der Waals surface area contributed by atoms with Crippen molar-refractivity contribution < 1.29 is 4.79 Å². The minimum absolute atomic E-state index is 0.211. The third-order valence-electron chi connectivity index (χ3n) is 4.25. The average Bonchev–Trinajstić information content (AvgIpc) is 3.00. The molecular weight excluding hydrogens is 252 g/mol. The van der Waals surface area contributed by atoms with Crippen molar-refractivity contribution in [1.29, 1.82) is 0 Å². The lowest BCUT2D eigenvalue weighted by Crippen LogP contribution is -2.46. The Kier molecular flexibility index (Phi) is 5.59. The Bertz CT molecular complexity index is 392. The lowest BCUT2D eigenvalue weighted by Gasteiger charge is -2.34. The number of carbonyl (C=O) groups excluding carboxylic acids is 1. The van der Waals surface area contributed by atoms with Gasteiger partial charge in [-0.1, -0.05) is 13.8 Å². The molecule has 0 unspecified atom stereocenters. The summed E-state index contributed by atoms with van der Waals surface area (Å²) < 4.78 is 0. The monoisotopic (exact) mass is 278 g/mol.